The molecule has 0 heterocycles. The Kier molecular flexibility index (Phi) is 13.1. The van der Waals surface area contributed by atoms with Gasteiger partial charge in [0.1, 0.15) is 11.9 Å². The van der Waals surface area contributed by atoms with Crippen molar-refractivity contribution in [2.24, 2.45) is 17.4 Å². The summed E-state index contributed by atoms with van der Waals surface area (Å²) in [5.74, 6) is -1.59. The summed E-state index contributed by atoms with van der Waals surface area (Å²) in [7, 11) is 0. The minimum atomic E-state index is -0.754. The smallest absolute Gasteiger partial charge is 0.338 e. The number of carbonyl (C=O) groups is 3. The van der Waals surface area contributed by atoms with E-state index in [1.54, 1.807) is 17.0 Å². The summed E-state index contributed by atoms with van der Waals surface area (Å²) in [4.78, 5) is 40.3. The van der Waals surface area contributed by atoms with Gasteiger partial charge in [-0.2, -0.15) is 0 Å². The molecule has 0 spiro atoms. The van der Waals surface area contributed by atoms with E-state index < -0.39 is 24.0 Å². The fraction of sp³-hybridized carbons (Fsp3) is 0.500. The number of primary amides is 1. The molecule has 0 aromatic heterocycles. The van der Waals surface area contributed by atoms with Crippen LogP contribution in [0, 0.1) is 11.7 Å². The quantitative estimate of drug-likeness (QED) is 0.218. The molecule has 2 amide bonds. The van der Waals surface area contributed by atoms with Crippen molar-refractivity contribution in [3.8, 4) is 0 Å². The number of amides is 2. The van der Waals surface area contributed by atoms with E-state index in [-0.39, 0.29) is 28.4 Å². The van der Waals surface area contributed by atoms with Crippen molar-refractivity contribution in [3.63, 3.8) is 0 Å². The summed E-state index contributed by atoms with van der Waals surface area (Å²) in [6.45, 7) is 10.3. The Hall–Kier alpha value is -3.30. The lowest BCUT2D eigenvalue weighted by Crippen LogP contribution is -2.46. The first-order valence-electron chi connectivity index (χ1n) is 13.7. The van der Waals surface area contributed by atoms with Gasteiger partial charge in [0.2, 0.25) is 5.91 Å². The predicted octanol–water partition coefficient (Wildman–Crippen LogP) is 3.92. The van der Waals surface area contributed by atoms with E-state index in [1.807, 2.05) is 13.8 Å². The van der Waals surface area contributed by atoms with Crippen LogP contribution >= 0.6 is 0 Å². The van der Waals surface area contributed by atoms with Gasteiger partial charge in [0.05, 0.1) is 5.56 Å². The number of carbonyl (C=O) groups excluding carboxylic acids is 3. The first kappa shape index (κ1) is 31.9. The van der Waals surface area contributed by atoms with Crippen LogP contribution in [0.5, 0.6) is 0 Å². The lowest BCUT2D eigenvalue weighted by Gasteiger charge is -2.25. The molecule has 0 saturated carbocycles. The first-order valence-corrected chi connectivity index (χ1v) is 13.7. The molecule has 0 aliphatic heterocycles. The van der Waals surface area contributed by atoms with Crippen molar-refractivity contribution in [1.82, 2.24) is 10.2 Å². The van der Waals surface area contributed by atoms with Crippen LogP contribution in [0.2, 0.25) is 0 Å². The third kappa shape index (κ3) is 10.4. The standard InChI is InChI=1S/C30H43FN4O4/c1-5-13-35(14-6-2)29(37)23-16-22(28(33)36)17-24(18-23)30(38)39-27(19-34-12-11-20(3)4)26(32)15-21-7-9-25(31)10-8-21/h7-10,16-18,20,26-27,34H,5-6,11-15,19,32H2,1-4H3,(H2,33,36)/t26-,27+/m0/s1. The van der Waals surface area contributed by atoms with E-state index in [0.717, 1.165) is 31.4 Å². The molecule has 0 bridgehead atoms. The van der Waals surface area contributed by atoms with Gasteiger partial charge in [-0.3, -0.25) is 9.59 Å². The van der Waals surface area contributed by atoms with Crippen LogP contribution in [0.25, 0.3) is 0 Å². The summed E-state index contributed by atoms with van der Waals surface area (Å²) >= 11 is 0. The SMILES string of the molecule is CCCN(CCC)C(=O)c1cc(C(N)=O)cc(C(=O)O[C@H](CNCCC(C)C)[C@@H](N)Cc2ccc(F)cc2)c1. The second kappa shape index (κ2) is 16.0. The zero-order valence-electron chi connectivity index (χ0n) is 23.5. The summed E-state index contributed by atoms with van der Waals surface area (Å²) in [6.07, 6.45) is 2.12. The van der Waals surface area contributed by atoms with E-state index in [9.17, 15) is 18.8 Å². The average molecular weight is 543 g/mol. The van der Waals surface area contributed by atoms with Gasteiger partial charge in [-0.1, -0.05) is 39.8 Å². The lowest BCUT2D eigenvalue weighted by molar-refractivity contribution is 0.0238. The average Bonchev–Trinajstić information content (AvgIpc) is 2.90. The molecule has 0 fully saturated rings. The molecule has 2 aromatic rings. The highest BCUT2D eigenvalue weighted by molar-refractivity contribution is 6.03. The van der Waals surface area contributed by atoms with Crippen LogP contribution in [0.15, 0.2) is 42.5 Å². The maximum atomic E-state index is 13.4. The van der Waals surface area contributed by atoms with E-state index in [2.05, 4.69) is 19.2 Å². The van der Waals surface area contributed by atoms with Gasteiger partial charge in [0.15, 0.2) is 0 Å². The van der Waals surface area contributed by atoms with Crippen LogP contribution in [0.3, 0.4) is 0 Å². The number of esters is 1. The molecule has 0 aliphatic carbocycles. The number of rotatable bonds is 16. The van der Waals surface area contributed by atoms with Crippen molar-refractivity contribution in [2.75, 3.05) is 26.2 Å². The van der Waals surface area contributed by atoms with Crippen LogP contribution in [0.4, 0.5) is 4.39 Å². The molecule has 39 heavy (non-hydrogen) atoms. The maximum absolute atomic E-state index is 13.4. The fourth-order valence-corrected chi connectivity index (χ4v) is 4.19. The largest absolute Gasteiger partial charge is 0.456 e. The molecule has 0 saturated heterocycles. The molecule has 214 valence electrons. The number of nitrogens with zero attached hydrogens (tertiary/aromatic N) is 1. The fourth-order valence-electron chi connectivity index (χ4n) is 4.19. The topological polar surface area (TPSA) is 128 Å². The molecular formula is C30H43FN4O4. The third-order valence-corrected chi connectivity index (χ3v) is 6.34. The normalized spacial score (nSPS) is 12.7. The Morgan fingerprint density at radius 3 is 2.13 bits per heavy atom. The number of benzene rings is 2. The van der Waals surface area contributed by atoms with E-state index in [4.69, 9.17) is 16.2 Å². The third-order valence-electron chi connectivity index (χ3n) is 6.34. The summed E-state index contributed by atoms with van der Waals surface area (Å²) in [5.41, 5.74) is 13.1. The van der Waals surface area contributed by atoms with Gasteiger partial charge in [0.25, 0.3) is 5.91 Å². The molecule has 0 radical (unpaired) electrons. The minimum absolute atomic E-state index is 0.0444. The Morgan fingerprint density at radius 2 is 1.56 bits per heavy atom. The zero-order chi connectivity index (χ0) is 28.9. The Bertz CT molecular complexity index is 1080. The van der Waals surface area contributed by atoms with Gasteiger partial charge in [-0.25, -0.2) is 9.18 Å². The van der Waals surface area contributed by atoms with E-state index >= 15 is 0 Å². The van der Waals surface area contributed by atoms with Crippen molar-refractivity contribution >= 4 is 17.8 Å². The zero-order valence-corrected chi connectivity index (χ0v) is 23.5. The van der Waals surface area contributed by atoms with E-state index in [1.165, 1.54) is 30.3 Å². The molecule has 2 aromatic carbocycles. The van der Waals surface area contributed by atoms with Crippen LogP contribution < -0.4 is 16.8 Å². The highest BCUT2D eigenvalue weighted by Gasteiger charge is 2.25. The number of ether oxygens (including phenoxy) is 1. The predicted molar refractivity (Wildman–Crippen MR) is 151 cm³/mol. The number of nitrogens with one attached hydrogen (secondary N) is 1. The number of hydrogen-bond acceptors (Lipinski definition) is 6. The molecule has 8 nitrogen and oxygen atoms in total. The summed E-state index contributed by atoms with van der Waals surface area (Å²) in [5, 5.41) is 3.30. The van der Waals surface area contributed by atoms with E-state index in [0.29, 0.717) is 32.0 Å². The van der Waals surface area contributed by atoms with Gasteiger partial charge in [-0.15, -0.1) is 0 Å². The number of nitrogens with two attached hydrogens (primary N) is 2. The van der Waals surface area contributed by atoms with Gasteiger partial charge in [-0.05, 0) is 74.0 Å². The summed E-state index contributed by atoms with van der Waals surface area (Å²) in [6, 6.07) is 9.60. The highest BCUT2D eigenvalue weighted by atomic mass is 19.1. The minimum Gasteiger partial charge on any atom is -0.456 e. The summed E-state index contributed by atoms with van der Waals surface area (Å²) < 4.78 is 19.2. The van der Waals surface area contributed by atoms with Crippen LogP contribution in [-0.4, -0.2) is 61.0 Å². The lowest BCUT2D eigenvalue weighted by atomic mass is 10.0. The van der Waals surface area contributed by atoms with Crippen molar-refractivity contribution in [1.29, 1.82) is 0 Å². The monoisotopic (exact) mass is 542 g/mol. The Balaban J connectivity index is 2.31. The Morgan fingerprint density at radius 1 is 0.974 bits per heavy atom. The molecule has 2 rings (SSSR count). The Labute approximate surface area is 231 Å². The van der Waals surface area contributed by atoms with Crippen LogP contribution in [0.1, 0.15) is 83.6 Å². The van der Waals surface area contributed by atoms with Crippen molar-refractivity contribution < 1.29 is 23.5 Å². The first-order chi connectivity index (χ1) is 18.5. The molecule has 9 heteroatoms. The maximum Gasteiger partial charge on any atom is 0.338 e. The van der Waals surface area contributed by atoms with Gasteiger partial charge in [0, 0.05) is 36.8 Å². The number of halogens is 1. The van der Waals surface area contributed by atoms with Crippen LogP contribution in [-0.2, 0) is 11.2 Å². The molecule has 5 N–H and O–H groups in total. The van der Waals surface area contributed by atoms with Crippen molar-refractivity contribution in [3.05, 3.63) is 70.5 Å². The van der Waals surface area contributed by atoms with Crippen molar-refractivity contribution in [2.45, 2.75) is 65.5 Å². The van der Waals surface area contributed by atoms with Gasteiger partial charge >= 0.3 is 5.97 Å². The molecule has 0 unspecified atom stereocenters. The molecule has 0 aliphatic rings. The van der Waals surface area contributed by atoms with Gasteiger partial charge < -0.3 is 26.4 Å². The molecular weight excluding hydrogens is 499 g/mol. The highest BCUT2D eigenvalue weighted by Crippen LogP contribution is 2.17. The molecule has 2 atom stereocenters. The number of hydrogen-bond donors (Lipinski definition) is 3. The second-order valence-corrected chi connectivity index (χ2v) is 10.3. The second-order valence-electron chi connectivity index (χ2n) is 10.3.